The number of benzene rings is 2. The lowest BCUT2D eigenvalue weighted by atomic mass is 9.96. The molecule has 2 N–H and O–H groups in total. The number of aryl methyl sites for hydroxylation is 1. The van der Waals surface area contributed by atoms with Gasteiger partial charge in [0.05, 0.1) is 5.52 Å². The van der Waals surface area contributed by atoms with E-state index in [0.717, 1.165) is 22.0 Å². The van der Waals surface area contributed by atoms with Crippen molar-refractivity contribution in [2.45, 2.75) is 19.4 Å². The van der Waals surface area contributed by atoms with Crippen LogP contribution in [0.3, 0.4) is 0 Å². The van der Waals surface area contributed by atoms with Crippen molar-refractivity contribution >= 4 is 10.9 Å². The third-order valence-electron chi connectivity index (χ3n) is 3.73. The van der Waals surface area contributed by atoms with E-state index in [9.17, 15) is 4.39 Å². The minimum Gasteiger partial charge on any atom is -0.324 e. The Morgan fingerprint density at radius 3 is 2.76 bits per heavy atom. The van der Waals surface area contributed by atoms with E-state index >= 15 is 0 Å². The van der Waals surface area contributed by atoms with Gasteiger partial charge < -0.3 is 5.73 Å². The number of rotatable bonds is 3. The van der Waals surface area contributed by atoms with Crippen molar-refractivity contribution in [1.29, 1.82) is 0 Å². The molecule has 0 amide bonds. The number of fused-ring (bicyclic) bond motifs is 1. The van der Waals surface area contributed by atoms with Gasteiger partial charge in [0.2, 0.25) is 0 Å². The van der Waals surface area contributed by atoms with Gasteiger partial charge in [0.25, 0.3) is 0 Å². The van der Waals surface area contributed by atoms with Crippen LogP contribution in [0.1, 0.15) is 22.7 Å². The van der Waals surface area contributed by atoms with Crippen LogP contribution in [0.5, 0.6) is 0 Å². The number of aromatic nitrogens is 1. The highest BCUT2D eigenvalue weighted by atomic mass is 19.1. The van der Waals surface area contributed by atoms with Crippen LogP contribution >= 0.6 is 0 Å². The summed E-state index contributed by atoms with van der Waals surface area (Å²) < 4.78 is 14.0. The Balaban J connectivity index is 1.94. The second-order valence-corrected chi connectivity index (χ2v) is 5.32. The molecule has 106 valence electrons. The van der Waals surface area contributed by atoms with Gasteiger partial charge in [0.1, 0.15) is 5.82 Å². The standard InChI is InChI=1S/C18H17FN2/c1-12-6-7-15(16(19)10-12)17(20)11-13-8-9-21-18-5-3-2-4-14(13)18/h2-10,17H,11,20H2,1H3. The van der Waals surface area contributed by atoms with E-state index in [1.165, 1.54) is 6.07 Å². The first kappa shape index (κ1) is 13.7. The maximum Gasteiger partial charge on any atom is 0.128 e. The first-order valence-corrected chi connectivity index (χ1v) is 6.99. The Morgan fingerprint density at radius 1 is 1.14 bits per heavy atom. The van der Waals surface area contributed by atoms with Gasteiger partial charge in [-0.2, -0.15) is 0 Å². The quantitative estimate of drug-likeness (QED) is 0.789. The average Bonchev–Trinajstić information content (AvgIpc) is 2.47. The van der Waals surface area contributed by atoms with Crippen LogP contribution in [0, 0.1) is 12.7 Å². The number of para-hydroxylation sites is 1. The summed E-state index contributed by atoms with van der Waals surface area (Å²) in [5.74, 6) is -0.235. The molecule has 21 heavy (non-hydrogen) atoms. The SMILES string of the molecule is Cc1ccc(C(N)Cc2ccnc3ccccc23)c(F)c1. The van der Waals surface area contributed by atoms with Crippen LogP contribution in [0.2, 0.25) is 0 Å². The van der Waals surface area contributed by atoms with Gasteiger partial charge in [0, 0.05) is 23.2 Å². The zero-order chi connectivity index (χ0) is 14.8. The highest BCUT2D eigenvalue weighted by Crippen LogP contribution is 2.24. The highest BCUT2D eigenvalue weighted by molar-refractivity contribution is 5.81. The molecule has 1 heterocycles. The number of hydrogen-bond donors (Lipinski definition) is 1. The molecule has 0 aliphatic heterocycles. The molecule has 2 aromatic carbocycles. The second-order valence-electron chi connectivity index (χ2n) is 5.32. The van der Waals surface area contributed by atoms with E-state index in [1.807, 2.05) is 43.3 Å². The van der Waals surface area contributed by atoms with Crippen molar-refractivity contribution in [3.05, 3.63) is 77.2 Å². The van der Waals surface area contributed by atoms with E-state index in [1.54, 1.807) is 12.3 Å². The lowest BCUT2D eigenvalue weighted by Crippen LogP contribution is -2.15. The van der Waals surface area contributed by atoms with Crippen LogP contribution in [-0.2, 0) is 6.42 Å². The Morgan fingerprint density at radius 2 is 1.95 bits per heavy atom. The molecule has 0 bridgehead atoms. The molecule has 0 aliphatic rings. The summed E-state index contributed by atoms with van der Waals surface area (Å²) in [6.07, 6.45) is 2.36. The van der Waals surface area contributed by atoms with Crippen LogP contribution in [0.15, 0.2) is 54.7 Å². The highest BCUT2D eigenvalue weighted by Gasteiger charge is 2.13. The molecular weight excluding hydrogens is 263 g/mol. The predicted molar refractivity (Wildman–Crippen MR) is 83.5 cm³/mol. The first-order valence-electron chi connectivity index (χ1n) is 6.99. The molecule has 1 aromatic heterocycles. The van der Waals surface area contributed by atoms with E-state index < -0.39 is 0 Å². The molecule has 0 saturated heterocycles. The molecule has 3 heteroatoms. The monoisotopic (exact) mass is 280 g/mol. The third-order valence-corrected chi connectivity index (χ3v) is 3.73. The fourth-order valence-electron chi connectivity index (χ4n) is 2.61. The van der Waals surface area contributed by atoms with Crippen molar-refractivity contribution in [2.24, 2.45) is 5.73 Å². The van der Waals surface area contributed by atoms with Crippen LogP contribution in [0.4, 0.5) is 4.39 Å². The van der Waals surface area contributed by atoms with Gasteiger partial charge >= 0.3 is 0 Å². The molecule has 0 spiro atoms. The van der Waals surface area contributed by atoms with Gasteiger partial charge in [-0.15, -0.1) is 0 Å². The predicted octanol–water partition coefficient (Wildman–Crippen LogP) is 3.92. The minimum absolute atomic E-state index is 0.235. The number of hydrogen-bond acceptors (Lipinski definition) is 2. The Labute approximate surface area is 123 Å². The Kier molecular flexibility index (Phi) is 3.67. The summed E-state index contributed by atoms with van der Waals surface area (Å²) in [4.78, 5) is 4.34. The summed E-state index contributed by atoms with van der Waals surface area (Å²) >= 11 is 0. The fraction of sp³-hybridized carbons (Fsp3) is 0.167. The molecule has 0 aliphatic carbocycles. The zero-order valence-electron chi connectivity index (χ0n) is 11.9. The first-order chi connectivity index (χ1) is 10.1. The van der Waals surface area contributed by atoms with Crippen molar-refractivity contribution in [2.75, 3.05) is 0 Å². The normalized spacial score (nSPS) is 12.5. The summed E-state index contributed by atoms with van der Waals surface area (Å²) in [5.41, 5.74) is 9.69. The Hall–Kier alpha value is -2.26. The maximum absolute atomic E-state index is 14.0. The van der Waals surface area contributed by atoms with Crippen molar-refractivity contribution in [3.8, 4) is 0 Å². The maximum atomic E-state index is 14.0. The fourth-order valence-corrected chi connectivity index (χ4v) is 2.61. The van der Waals surface area contributed by atoms with Crippen molar-refractivity contribution in [3.63, 3.8) is 0 Å². The van der Waals surface area contributed by atoms with Gasteiger partial charge in [0.15, 0.2) is 0 Å². The van der Waals surface area contributed by atoms with E-state index in [0.29, 0.717) is 12.0 Å². The summed E-state index contributed by atoms with van der Waals surface area (Å²) in [6.45, 7) is 1.87. The van der Waals surface area contributed by atoms with Gasteiger partial charge in [-0.3, -0.25) is 4.98 Å². The number of halogens is 1. The molecule has 3 aromatic rings. The molecule has 0 radical (unpaired) electrons. The van der Waals surface area contributed by atoms with E-state index in [4.69, 9.17) is 5.73 Å². The molecule has 2 nitrogen and oxygen atoms in total. The largest absolute Gasteiger partial charge is 0.324 e. The summed E-state index contributed by atoms with van der Waals surface area (Å²) in [7, 11) is 0. The molecule has 1 atom stereocenters. The topological polar surface area (TPSA) is 38.9 Å². The lowest BCUT2D eigenvalue weighted by molar-refractivity contribution is 0.580. The van der Waals surface area contributed by atoms with Crippen molar-refractivity contribution in [1.82, 2.24) is 4.98 Å². The van der Waals surface area contributed by atoms with Gasteiger partial charge in [-0.05, 0) is 42.7 Å². The smallest absolute Gasteiger partial charge is 0.128 e. The summed E-state index contributed by atoms with van der Waals surface area (Å²) in [6, 6.07) is 14.7. The minimum atomic E-state index is -0.364. The second kappa shape index (κ2) is 5.62. The Bertz CT molecular complexity index is 778. The summed E-state index contributed by atoms with van der Waals surface area (Å²) in [5, 5.41) is 1.07. The van der Waals surface area contributed by atoms with E-state index in [-0.39, 0.29) is 11.9 Å². The number of nitrogens with two attached hydrogens (primary N) is 1. The number of nitrogens with zero attached hydrogens (tertiary/aromatic N) is 1. The van der Waals surface area contributed by atoms with Gasteiger partial charge in [-0.1, -0.05) is 30.3 Å². The van der Waals surface area contributed by atoms with Crippen LogP contribution in [0.25, 0.3) is 10.9 Å². The average molecular weight is 280 g/mol. The van der Waals surface area contributed by atoms with E-state index in [2.05, 4.69) is 4.98 Å². The third kappa shape index (κ3) is 2.78. The van der Waals surface area contributed by atoms with Crippen LogP contribution in [-0.4, -0.2) is 4.98 Å². The number of pyridine rings is 1. The molecular formula is C18H17FN2. The molecule has 0 saturated carbocycles. The van der Waals surface area contributed by atoms with Gasteiger partial charge in [-0.25, -0.2) is 4.39 Å². The van der Waals surface area contributed by atoms with Crippen LogP contribution < -0.4 is 5.73 Å². The molecule has 1 unspecified atom stereocenters. The van der Waals surface area contributed by atoms with Crippen molar-refractivity contribution < 1.29 is 4.39 Å². The zero-order valence-corrected chi connectivity index (χ0v) is 11.9. The molecule has 0 fully saturated rings. The molecule has 3 rings (SSSR count). The lowest BCUT2D eigenvalue weighted by Gasteiger charge is -2.15.